The van der Waals surface area contributed by atoms with Gasteiger partial charge in [0.1, 0.15) is 17.7 Å². The average Bonchev–Trinajstić information content (AvgIpc) is 2.90. The predicted octanol–water partition coefficient (Wildman–Crippen LogP) is 2.82. The Morgan fingerprint density at radius 2 is 2.24 bits per heavy atom. The number of rotatable bonds is 4. The molecule has 7 heteroatoms. The van der Waals surface area contributed by atoms with Gasteiger partial charge in [-0.1, -0.05) is 11.3 Å². The fourth-order valence-electron chi connectivity index (χ4n) is 1.55. The smallest absolute Gasteiger partial charge is 0.338 e. The molecule has 2 rings (SSSR count). The highest BCUT2D eigenvalue weighted by Crippen LogP contribution is 2.27. The molecule has 0 aliphatic heterocycles. The monoisotopic (exact) mass is 298 g/mol. The van der Waals surface area contributed by atoms with Gasteiger partial charge in [0.15, 0.2) is 5.13 Å². The summed E-state index contributed by atoms with van der Waals surface area (Å²) < 4.78 is 5.75. The minimum absolute atomic E-state index is 0.0403. The summed E-state index contributed by atoms with van der Waals surface area (Å²) in [5, 5.41) is 20.6. The second-order valence-corrected chi connectivity index (χ2v) is 4.88. The van der Waals surface area contributed by atoms with Gasteiger partial charge in [0.05, 0.1) is 22.4 Å². The maximum absolute atomic E-state index is 11.7. The molecule has 0 bridgehead atoms. The summed E-state index contributed by atoms with van der Waals surface area (Å²) in [4.78, 5) is 15.9. The zero-order chi connectivity index (χ0) is 15.2. The van der Waals surface area contributed by atoms with Crippen LogP contribution in [-0.4, -0.2) is 17.6 Å². The Labute approximate surface area is 124 Å². The molecule has 2 aromatic rings. The van der Waals surface area contributed by atoms with Crippen molar-refractivity contribution in [3.8, 4) is 12.1 Å². The van der Waals surface area contributed by atoms with Crippen LogP contribution in [0.3, 0.4) is 0 Å². The molecule has 1 N–H and O–H groups in total. The van der Waals surface area contributed by atoms with Crippen molar-refractivity contribution in [1.29, 1.82) is 10.5 Å². The molecule has 0 saturated heterocycles. The van der Waals surface area contributed by atoms with Gasteiger partial charge in [-0.3, -0.25) is 0 Å². The number of esters is 1. The molecule has 0 fully saturated rings. The van der Waals surface area contributed by atoms with Crippen molar-refractivity contribution in [2.45, 2.75) is 6.92 Å². The van der Waals surface area contributed by atoms with Crippen LogP contribution in [0.25, 0.3) is 10.2 Å². The van der Waals surface area contributed by atoms with Gasteiger partial charge in [-0.2, -0.15) is 10.5 Å². The largest absolute Gasteiger partial charge is 0.462 e. The number of hydrogen-bond acceptors (Lipinski definition) is 7. The molecule has 1 aromatic carbocycles. The molecule has 104 valence electrons. The Hall–Kier alpha value is -2.90. The first-order valence-electron chi connectivity index (χ1n) is 6.02. The summed E-state index contributed by atoms with van der Waals surface area (Å²) >= 11 is 1.32. The van der Waals surface area contributed by atoms with Gasteiger partial charge < -0.3 is 10.1 Å². The third-order valence-electron chi connectivity index (χ3n) is 2.48. The fraction of sp³-hybridized carbons (Fsp3) is 0.143. The van der Waals surface area contributed by atoms with Crippen LogP contribution >= 0.6 is 11.3 Å². The maximum Gasteiger partial charge on any atom is 0.338 e. The number of nitriles is 2. The van der Waals surface area contributed by atoms with E-state index in [1.54, 1.807) is 37.3 Å². The zero-order valence-corrected chi connectivity index (χ0v) is 11.9. The first-order chi connectivity index (χ1) is 10.2. The number of hydrogen-bond donors (Lipinski definition) is 1. The number of carbonyl (C=O) groups is 1. The fourth-order valence-corrected chi connectivity index (χ4v) is 2.43. The zero-order valence-electron chi connectivity index (χ0n) is 11.1. The number of ether oxygens (including phenoxy) is 1. The summed E-state index contributed by atoms with van der Waals surface area (Å²) in [6.45, 7) is 2.07. The molecule has 0 atom stereocenters. The molecule has 0 saturated carbocycles. The Morgan fingerprint density at radius 3 is 2.90 bits per heavy atom. The van der Waals surface area contributed by atoms with Gasteiger partial charge >= 0.3 is 5.97 Å². The van der Waals surface area contributed by atoms with E-state index in [1.165, 1.54) is 17.5 Å². The van der Waals surface area contributed by atoms with Crippen molar-refractivity contribution in [1.82, 2.24) is 4.98 Å². The first kappa shape index (κ1) is 14.5. The summed E-state index contributed by atoms with van der Waals surface area (Å²) in [5.74, 6) is -0.376. The molecule has 6 nitrogen and oxygen atoms in total. The molecule has 0 aliphatic rings. The van der Waals surface area contributed by atoms with E-state index in [9.17, 15) is 4.79 Å². The number of nitrogens with zero attached hydrogens (tertiary/aromatic N) is 3. The highest BCUT2D eigenvalue weighted by Gasteiger charge is 2.10. The van der Waals surface area contributed by atoms with Crippen LogP contribution in [0.4, 0.5) is 5.13 Å². The van der Waals surface area contributed by atoms with Crippen LogP contribution in [0.15, 0.2) is 30.0 Å². The minimum atomic E-state index is -0.376. The molecule has 1 aromatic heterocycles. The van der Waals surface area contributed by atoms with E-state index in [2.05, 4.69) is 10.3 Å². The van der Waals surface area contributed by atoms with E-state index < -0.39 is 0 Å². The van der Waals surface area contributed by atoms with Gasteiger partial charge in [-0.05, 0) is 25.1 Å². The van der Waals surface area contributed by atoms with Gasteiger partial charge in [-0.15, -0.1) is 0 Å². The predicted molar refractivity (Wildman–Crippen MR) is 78.5 cm³/mol. The van der Waals surface area contributed by atoms with E-state index >= 15 is 0 Å². The molecule has 1 heterocycles. The van der Waals surface area contributed by atoms with Crippen molar-refractivity contribution >= 4 is 32.7 Å². The van der Waals surface area contributed by atoms with E-state index in [0.29, 0.717) is 17.3 Å². The summed E-state index contributed by atoms with van der Waals surface area (Å²) in [5.41, 5.74) is 1.14. The normalized spacial score (nSPS) is 9.48. The standard InChI is InChI=1S/C14H10N4O2S/c1-2-20-13(19)10-3-4-11-12(5-10)21-14(18-11)17-8-9(6-15)7-16/h3-5,8H,2H2,1H3,(H,17,18). The quantitative estimate of drug-likeness (QED) is 0.688. The van der Waals surface area contributed by atoms with Crippen LogP contribution < -0.4 is 5.32 Å². The lowest BCUT2D eigenvalue weighted by Crippen LogP contribution is -2.03. The van der Waals surface area contributed by atoms with E-state index in [1.807, 2.05) is 0 Å². The van der Waals surface area contributed by atoms with Crippen molar-refractivity contribution in [3.05, 3.63) is 35.5 Å². The lowest BCUT2D eigenvalue weighted by atomic mass is 10.2. The third-order valence-corrected chi connectivity index (χ3v) is 3.43. The first-order valence-corrected chi connectivity index (χ1v) is 6.84. The molecular formula is C14H10N4O2S. The Kier molecular flexibility index (Phi) is 4.50. The average molecular weight is 298 g/mol. The highest BCUT2D eigenvalue weighted by atomic mass is 32.1. The second kappa shape index (κ2) is 6.51. The summed E-state index contributed by atoms with van der Waals surface area (Å²) in [6, 6.07) is 8.57. The summed E-state index contributed by atoms with van der Waals surface area (Å²) in [6.07, 6.45) is 1.30. The topological polar surface area (TPSA) is 98.8 Å². The molecule has 0 unspecified atom stereocenters. The molecule has 0 aliphatic carbocycles. The second-order valence-electron chi connectivity index (χ2n) is 3.85. The van der Waals surface area contributed by atoms with E-state index in [-0.39, 0.29) is 11.5 Å². The van der Waals surface area contributed by atoms with E-state index in [4.69, 9.17) is 15.3 Å². The van der Waals surface area contributed by atoms with Crippen LogP contribution in [-0.2, 0) is 4.74 Å². The molecular weight excluding hydrogens is 288 g/mol. The molecule has 0 spiro atoms. The lowest BCUT2D eigenvalue weighted by molar-refractivity contribution is 0.0526. The van der Waals surface area contributed by atoms with Crippen molar-refractivity contribution in [2.75, 3.05) is 11.9 Å². The number of anilines is 1. The van der Waals surface area contributed by atoms with Crippen LogP contribution in [0.2, 0.25) is 0 Å². The summed E-state index contributed by atoms with van der Waals surface area (Å²) in [7, 11) is 0. The Balaban J connectivity index is 2.27. The number of benzene rings is 1. The maximum atomic E-state index is 11.7. The lowest BCUT2D eigenvalue weighted by Gasteiger charge is -2.00. The molecule has 21 heavy (non-hydrogen) atoms. The van der Waals surface area contributed by atoms with E-state index in [0.717, 1.165) is 10.2 Å². The minimum Gasteiger partial charge on any atom is -0.462 e. The van der Waals surface area contributed by atoms with Crippen molar-refractivity contribution in [3.63, 3.8) is 0 Å². The number of aromatic nitrogens is 1. The SMILES string of the molecule is CCOC(=O)c1ccc2nc(NC=C(C#N)C#N)sc2c1. The molecule has 0 amide bonds. The van der Waals surface area contributed by atoms with Gasteiger partial charge in [0.2, 0.25) is 0 Å². The highest BCUT2D eigenvalue weighted by molar-refractivity contribution is 7.22. The van der Waals surface area contributed by atoms with Crippen molar-refractivity contribution in [2.24, 2.45) is 0 Å². The number of nitrogens with one attached hydrogen (secondary N) is 1. The molecule has 0 radical (unpaired) electrons. The number of allylic oxidation sites excluding steroid dienone is 1. The third kappa shape index (κ3) is 3.35. The van der Waals surface area contributed by atoms with Gasteiger partial charge in [-0.25, -0.2) is 9.78 Å². The van der Waals surface area contributed by atoms with Crippen molar-refractivity contribution < 1.29 is 9.53 Å². The van der Waals surface area contributed by atoms with Gasteiger partial charge in [0.25, 0.3) is 0 Å². The number of fused-ring (bicyclic) bond motifs is 1. The van der Waals surface area contributed by atoms with Crippen LogP contribution in [0.1, 0.15) is 17.3 Å². The Bertz CT molecular complexity index is 779. The van der Waals surface area contributed by atoms with Crippen LogP contribution in [0, 0.1) is 22.7 Å². The van der Waals surface area contributed by atoms with Crippen LogP contribution in [0.5, 0.6) is 0 Å². The van der Waals surface area contributed by atoms with Gasteiger partial charge in [0, 0.05) is 6.20 Å². The number of thiazole rings is 1. The Morgan fingerprint density at radius 1 is 1.48 bits per heavy atom. The number of carbonyl (C=O) groups excluding carboxylic acids is 1.